The molecule has 4 aromatic rings. The van der Waals surface area contributed by atoms with Crippen molar-refractivity contribution in [3.8, 4) is 22.5 Å². The molecule has 5 nitrogen and oxygen atoms in total. The number of nitrogens with one attached hydrogen (secondary N) is 1. The van der Waals surface area contributed by atoms with Crippen molar-refractivity contribution in [2.75, 3.05) is 0 Å². The number of hydrogen-bond donors (Lipinski definition) is 1. The monoisotopic (exact) mass is 303 g/mol. The fourth-order valence-corrected chi connectivity index (χ4v) is 2.75. The van der Waals surface area contributed by atoms with Crippen molar-refractivity contribution in [1.29, 1.82) is 0 Å². The van der Waals surface area contributed by atoms with Gasteiger partial charge in [0.1, 0.15) is 5.65 Å². The molecular formula is C18H13N3O2. The Morgan fingerprint density at radius 3 is 2.61 bits per heavy atom. The van der Waals surface area contributed by atoms with Crippen molar-refractivity contribution in [3.05, 3.63) is 70.8 Å². The highest BCUT2D eigenvalue weighted by molar-refractivity contribution is 5.99. The minimum atomic E-state index is -0.244. The van der Waals surface area contributed by atoms with Crippen LogP contribution in [0.4, 0.5) is 0 Å². The fraction of sp³-hybridized carbons (Fsp3) is 0.0556. The second kappa shape index (κ2) is 5.21. The molecular weight excluding hydrogens is 290 g/mol. The summed E-state index contributed by atoms with van der Waals surface area (Å²) in [5.41, 5.74) is 3.23. The van der Waals surface area contributed by atoms with Crippen LogP contribution < -0.4 is 5.56 Å². The van der Waals surface area contributed by atoms with Gasteiger partial charge in [0.05, 0.1) is 11.3 Å². The zero-order valence-electron chi connectivity index (χ0n) is 12.4. The van der Waals surface area contributed by atoms with Crippen LogP contribution in [-0.4, -0.2) is 15.1 Å². The zero-order chi connectivity index (χ0) is 15.8. The quantitative estimate of drug-likeness (QED) is 0.614. The number of pyridine rings is 2. The number of nitrogens with zero attached hydrogens (tertiary/aromatic N) is 2. The second-order valence-electron chi connectivity index (χ2n) is 5.30. The Bertz CT molecular complexity index is 1050. The minimum absolute atomic E-state index is 0.244. The van der Waals surface area contributed by atoms with E-state index in [1.165, 1.54) is 0 Å². The maximum Gasteiger partial charge on any atom is 0.261 e. The molecule has 0 fully saturated rings. The Kier molecular flexibility index (Phi) is 3.05. The number of aryl methyl sites for hydroxylation is 1. The third kappa shape index (κ3) is 2.23. The third-order valence-corrected chi connectivity index (χ3v) is 3.72. The second-order valence-corrected chi connectivity index (χ2v) is 5.30. The zero-order valence-corrected chi connectivity index (χ0v) is 12.4. The molecule has 1 aromatic carbocycles. The van der Waals surface area contributed by atoms with Crippen LogP contribution in [0.5, 0.6) is 0 Å². The summed E-state index contributed by atoms with van der Waals surface area (Å²) < 4.78 is 5.35. The lowest BCUT2D eigenvalue weighted by Crippen LogP contribution is -2.11. The molecule has 0 atom stereocenters. The molecule has 3 aromatic heterocycles. The molecule has 0 unspecified atom stereocenters. The first-order valence-electron chi connectivity index (χ1n) is 7.24. The number of hydrogen-bond acceptors (Lipinski definition) is 4. The highest BCUT2D eigenvalue weighted by Gasteiger charge is 2.19. The standard InChI is InChI=1S/C18H13N3O2/c1-11-10-14(23-21-11)16-15(12-6-3-2-4-7-12)13-8-5-9-19-17(13)20-18(16)22/h2-10H,1H3,(H,19,20,22). The lowest BCUT2D eigenvalue weighted by molar-refractivity contribution is 0.427. The van der Waals surface area contributed by atoms with Crippen molar-refractivity contribution < 1.29 is 4.52 Å². The number of benzene rings is 1. The molecule has 3 heterocycles. The molecule has 5 heteroatoms. The number of aromatic amines is 1. The molecule has 0 radical (unpaired) electrons. The third-order valence-electron chi connectivity index (χ3n) is 3.72. The molecule has 4 rings (SSSR count). The van der Waals surface area contributed by atoms with Gasteiger partial charge in [-0.3, -0.25) is 4.79 Å². The van der Waals surface area contributed by atoms with E-state index in [1.807, 2.05) is 49.4 Å². The van der Waals surface area contributed by atoms with E-state index in [-0.39, 0.29) is 5.56 Å². The number of aromatic nitrogens is 3. The van der Waals surface area contributed by atoms with Gasteiger partial charge in [0.25, 0.3) is 5.56 Å². The van der Waals surface area contributed by atoms with E-state index < -0.39 is 0 Å². The predicted molar refractivity (Wildman–Crippen MR) is 88.0 cm³/mol. The van der Waals surface area contributed by atoms with Crippen LogP contribution >= 0.6 is 0 Å². The summed E-state index contributed by atoms with van der Waals surface area (Å²) in [6.07, 6.45) is 1.66. The maximum absolute atomic E-state index is 12.7. The first-order valence-corrected chi connectivity index (χ1v) is 7.24. The number of H-pyrrole nitrogens is 1. The first kappa shape index (κ1) is 13.5. The summed E-state index contributed by atoms with van der Waals surface area (Å²) in [6.45, 7) is 1.83. The van der Waals surface area contributed by atoms with Gasteiger partial charge in [-0.2, -0.15) is 0 Å². The topological polar surface area (TPSA) is 71.8 Å². The molecule has 0 aliphatic heterocycles. The summed E-state index contributed by atoms with van der Waals surface area (Å²) in [6, 6.07) is 15.3. The summed E-state index contributed by atoms with van der Waals surface area (Å²) in [5, 5.41) is 4.77. The molecule has 0 spiro atoms. The molecule has 0 saturated carbocycles. The van der Waals surface area contributed by atoms with Crippen LogP contribution in [-0.2, 0) is 0 Å². The Morgan fingerprint density at radius 2 is 1.87 bits per heavy atom. The average molecular weight is 303 g/mol. The van der Waals surface area contributed by atoms with Gasteiger partial charge >= 0.3 is 0 Å². The van der Waals surface area contributed by atoms with Crippen molar-refractivity contribution >= 4 is 11.0 Å². The van der Waals surface area contributed by atoms with Gasteiger partial charge in [-0.05, 0) is 24.6 Å². The van der Waals surface area contributed by atoms with Crippen LogP contribution in [0.3, 0.4) is 0 Å². The number of rotatable bonds is 2. The SMILES string of the molecule is Cc1cc(-c2c(-c3ccccc3)c3cccnc3[nH]c2=O)on1. The Balaban J connectivity index is 2.17. The van der Waals surface area contributed by atoms with Crippen molar-refractivity contribution in [1.82, 2.24) is 15.1 Å². The molecule has 23 heavy (non-hydrogen) atoms. The van der Waals surface area contributed by atoms with E-state index in [0.29, 0.717) is 17.0 Å². The van der Waals surface area contributed by atoms with Crippen molar-refractivity contribution in [2.45, 2.75) is 6.92 Å². The first-order chi connectivity index (χ1) is 11.2. The van der Waals surface area contributed by atoms with Crippen LogP contribution in [0.25, 0.3) is 33.5 Å². The van der Waals surface area contributed by atoms with E-state index in [4.69, 9.17) is 4.52 Å². The van der Waals surface area contributed by atoms with E-state index >= 15 is 0 Å². The van der Waals surface area contributed by atoms with E-state index in [0.717, 1.165) is 22.2 Å². The Labute approximate surface area is 131 Å². The molecule has 0 aliphatic carbocycles. The van der Waals surface area contributed by atoms with E-state index in [1.54, 1.807) is 12.3 Å². The minimum Gasteiger partial charge on any atom is -0.356 e. The van der Waals surface area contributed by atoms with Crippen molar-refractivity contribution in [3.63, 3.8) is 0 Å². The average Bonchev–Trinajstić information content (AvgIpc) is 3.00. The molecule has 0 aliphatic rings. The molecule has 0 bridgehead atoms. The van der Waals surface area contributed by atoms with Gasteiger partial charge in [-0.25, -0.2) is 4.98 Å². The van der Waals surface area contributed by atoms with Gasteiger partial charge in [0, 0.05) is 23.2 Å². The van der Waals surface area contributed by atoms with E-state index in [9.17, 15) is 4.79 Å². The lowest BCUT2D eigenvalue weighted by atomic mass is 9.96. The van der Waals surface area contributed by atoms with Gasteiger partial charge in [-0.15, -0.1) is 0 Å². The van der Waals surface area contributed by atoms with Gasteiger partial charge in [0.15, 0.2) is 5.76 Å². The van der Waals surface area contributed by atoms with Gasteiger partial charge in [-0.1, -0.05) is 35.5 Å². The van der Waals surface area contributed by atoms with Gasteiger partial charge < -0.3 is 9.51 Å². The molecule has 0 amide bonds. The summed E-state index contributed by atoms with van der Waals surface area (Å²) >= 11 is 0. The lowest BCUT2D eigenvalue weighted by Gasteiger charge is -2.10. The summed E-state index contributed by atoms with van der Waals surface area (Å²) in [4.78, 5) is 19.7. The molecule has 112 valence electrons. The highest BCUT2D eigenvalue weighted by Crippen LogP contribution is 2.34. The smallest absolute Gasteiger partial charge is 0.261 e. The fourth-order valence-electron chi connectivity index (χ4n) is 2.75. The highest BCUT2D eigenvalue weighted by atomic mass is 16.5. The largest absolute Gasteiger partial charge is 0.356 e. The normalized spacial score (nSPS) is 11.0. The Hall–Kier alpha value is -3.21. The van der Waals surface area contributed by atoms with Crippen LogP contribution in [0.2, 0.25) is 0 Å². The maximum atomic E-state index is 12.7. The molecule has 1 N–H and O–H groups in total. The van der Waals surface area contributed by atoms with Crippen LogP contribution in [0, 0.1) is 6.92 Å². The van der Waals surface area contributed by atoms with Crippen molar-refractivity contribution in [2.24, 2.45) is 0 Å². The predicted octanol–water partition coefficient (Wildman–Crippen LogP) is 3.55. The summed E-state index contributed by atoms with van der Waals surface area (Å²) in [5.74, 6) is 0.452. The molecule has 0 saturated heterocycles. The van der Waals surface area contributed by atoms with Crippen LogP contribution in [0.1, 0.15) is 5.69 Å². The Morgan fingerprint density at radius 1 is 1.04 bits per heavy atom. The van der Waals surface area contributed by atoms with E-state index in [2.05, 4.69) is 15.1 Å². The number of fused-ring (bicyclic) bond motifs is 1. The van der Waals surface area contributed by atoms with Gasteiger partial charge in [0.2, 0.25) is 0 Å². The van der Waals surface area contributed by atoms with Crippen LogP contribution in [0.15, 0.2) is 64.0 Å². The summed E-state index contributed by atoms with van der Waals surface area (Å²) in [7, 11) is 0.